The van der Waals surface area contributed by atoms with Crippen molar-refractivity contribution >= 4 is 17.1 Å². The molecule has 1 atom stereocenters. The number of carbonyl (C=O) groups excluding carboxylic acids is 1. The molecule has 29 heavy (non-hydrogen) atoms. The van der Waals surface area contributed by atoms with Crippen LogP contribution in [0.4, 0.5) is 4.39 Å². The number of ether oxygens (including phenoxy) is 1. The van der Waals surface area contributed by atoms with Crippen LogP contribution in [0, 0.1) is 11.7 Å². The topological polar surface area (TPSA) is 88.1 Å². The molecule has 0 aliphatic heterocycles. The molecule has 0 bridgehead atoms. The van der Waals surface area contributed by atoms with E-state index in [0.29, 0.717) is 5.69 Å². The number of hydrogen-bond acceptors (Lipinski definition) is 5. The summed E-state index contributed by atoms with van der Waals surface area (Å²) in [5, 5.41) is 0. The van der Waals surface area contributed by atoms with Gasteiger partial charge in [0.05, 0.1) is 18.6 Å². The number of esters is 1. The minimum Gasteiger partial charge on any atom is -0.464 e. The normalized spacial score (nSPS) is 12.5. The summed E-state index contributed by atoms with van der Waals surface area (Å²) in [5.41, 5.74) is -0.534. The van der Waals surface area contributed by atoms with E-state index < -0.39 is 29.1 Å². The zero-order valence-electron chi connectivity index (χ0n) is 16.8. The van der Waals surface area contributed by atoms with Crippen molar-refractivity contribution in [3.05, 3.63) is 57.2 Å². The summed E-state index contributed by atoms with van der Waals surface area (Å²) >= 11 is 0. The molecule has 2 aromatic heterocycles. The van der Waals surface area contributed by atoms with Crippen LogP contribution in [0.2, 0.25) is 0 Å². The summed E-state index contributed by atoms with van der Waals surface area (Å²) in [7, 11) is 0. The molecule has 3 rings (SSSR count). The molecule has 1 aromatic carbocycles. The van der Waals surface area contributed by atoms with E-state index in [2.05, 4.69) is 4.98 Å². The largest absolute Gasteiger partial charge is 0.464 e. The Morgan fingerprint density at radius 3 is 2.41 bits per heavy atom. The van der Waals surface area contributed by atoms with Gasteiger partial charge in [0, 0.05) is 6.54 Å². The Balaban J connectivity index is 2.36. The van der Waals surface area contributed by atoms with Crippen LogP contribution in [0.5, 0.6) is 0 Å². The molecule has 0 aliphatic carbocycles. The Labute approximate surface area is 166 Å². The Morgan fingerprint density at radius 2 is 1.83 bits per heavy atom. The molecule has 0 aliphatic rings. The maximum Gasteiger partial charge on any atom is 0.337 e. The molecular weight excluding hydrogens is 379 g/mol. The first-order valence-corrected chi connectivity index (χ1v) is 9.41. The highest BCUT2D eigenvalue weighted by Gasteiger charge is 2.25. The van der Waals surface area contributed by atoms with Crippen LogP contribution >= 0.6 is 0 Å². The Morgan fingerprint density at radius 1 is 1.17 bits per heavy atom. The molecule has 0 saturated heterocycles. The molecule has 154 valence electrons. The van der Waals surface area contributed by atoms with Crippen molar-refractivity contribution in [3.63, 3.8) is 0 Å². The predicted molar refractivity (Wildman–Crippen MR) is 106 cm³/mol. The second kappa shape index (κ2) is 8.02. The van der Waals surface area contributed by atoms with Gasteiger partial charge in [-0.15, -0.1) is 0 Å². The second-order valence-corrected chi connectivity index (χ2v) is 7.16. The van der Waals surface area contributed by atoms with E-state index in [-0.39, 0.29) is 30.2 Å². The number of benzene rings is 1. The van der Waals surface area contributed by atoms with Crippen LogP contribution in [0.1, 0.15) is 33.7 Å². The van der Waals surface area contributed by atoms with E-state index in [1.165, 1.54) is 39.7 Å². The highest BCUT2D eigenvalue weighted by Crippen LogP contribution is 2.18. The Hall–Kier alpha value is -3.23. The standard InChI is InChI=1S/C20H23FN4O4/c1-5-29-19(27)13(4)24-11-22-17-16(24)18(26)23(10-12(2)3)20(28)25(17)15-8-6-14(21)7-9-15/h6-9,11-13H,5,10H2,1-4H3. The second-order valence-electron chi connectivity index (χ2n) is 7.16. The smallest absolute Gasteiger partial charge is 0.337 e. The minimum atomic E-state index is -0.806. The summed E-state index contributed by atoms with van der Waals surface area (Å²) < 4.78 is 22.2. The van der Waals surface area contributed by atoms with E-state index in [0.717, 1.165) is 4.57 Å². The fourth-order valence-electron chi connectivity index (χ4n) is 3.17. The number of halogens is 1. The first-order chi connectivity index (χ1) is 13.8. The van der Waals surface area contributed by atoms with Gasteiger partial charge in [-0.1, -0.05) is 13.8 Å². The number of imidazole rings is 1. The van der Waals surface area contributed by atoms with E-state index >= 15 is 0 Å². The van der Waals surface area contributed by atoms with Gasteiger partial charge in [-0.25, -0.2) is 23.5 Å². The first-order valence-electron chi connectivity index (χ1n) is 9.41. The summed E-state index contributed by atoms with van der Waals surface area (Å²) in [6.45, 7) is 7.45. The molecule has 1 unspecified atom stereocenters. The lowest BCUT2D eigenvalue weighted by Crippen LogP contribution is -2.41. The van der Waals surface area contributed by atoms with Gasteiger partial charge < -0.3 is 9.30 Å². The lowest BCUT2D eigenvalue weighted by molar-refractivity contribution is -0.146. The molecule has 2 heterocycles. The van der Waals surface area contributed by atoms with E-state index in [1.54, 1.807) is 13.8 Å². The van der Waals surface area contributed by atoms with Gasteiger partial charge in [0.2, 0.25) is 0 Å². The monoisotopic (exact) mass is 402 g/mol. The van der Waals surface area contributed by atoms with E-state index in [4.69, 9.17) is 4.74 Å². The summed E-state index contributed by atoms with van der Waals surface area (Å²) in [5.74, 6) is -0.936. The van der Waals surface area contributed by atoms with Gasteiger partial charge >= 0.3 is 11.7 Å². The van der Waals surface area contributed by atoms with Crippen LogP contribution in [0.25, 0.3) is 16.9 Å². The third-order valence-corrected chi connectivity index (χ3v) is 4.53. The van der Waals surface area contributed by atoms with Crippen LogP contribution in [-0.4, -0.2) is 31.3 Å². The molecular formula is C20H23FN4O4. The fourth-order valence-corrected chi connectivity index (χ4v) is 3.17. The highest BCUT2D eigenvalue weighted by atomic mass is 19.1. The van der Waals surface area contributed by atoms with Crippen LogP contribution in [0.3, 0.4) is 0 Å². The third kappa shape index (κ3) is 3.72. The molecule has 0 radical (unpaired) electrons. The number of carbonyl (C=O) groups is 1. The van der Waals surface area contributed by atoms with Crippen molar-refractivity contribution in [3.8, 4) is 5.69 Å². The van der Waals surface area contributed by atoms with E-state index in [1.807, 2.05) is 13.8 Å². The molecule has 0 saturated carbocycles. The van der Waals surface area contributed by atoms with Gasteiger partial charge in [0.1, 0.15) is 11.9 Å². The Bertz CT molecular complexity index is 1160. The fraction of sp³-hybridized carbons (Fsp3) is 0.400. The van der Waals surface area contributed by atoms with Crippen molar-refractivity contribution in [2.24, 2.45) is 5.92 Å². The van der Waals surface area contributed by atoms with Crippen LogP contribution < -0.4 is 11.2 Å². The molecule has 0 N–H and O–H groups in total. The molecule has 0 fully saturated rings. The lowest BCUT2D eigenvalue weighted by atomic mass is 10.2. The maximum absolute atomic E-state index is 13.4. The average molecular weight is 402 g/mol. The number of hydrogen-bond donors (Lipinski definition) is 0. The number of fused-ring (bicyclic) bond motifs is 1. The zero-order valence-corrected chi connectivity index (χ0v) is 16.8. The van der Waals surface area contributed by atoms with Crippen molar-refractivity contribution in [2.45, 2.75) is 40.3 Å². The van der Waals surface area contributed by atoms with Crippen molar-refractivity contribution in [1.29, 1.82) is 0 Å². The van der Waals surface area contributed by atoms with Gasteiger partial charge in [0.15, 0.2) is 11.2 Å². The predicted octanol–water partition coefficient (Wildman–Crippen LogP) is 2.27. The molecule has 3 aromatic rings. The van der Waals surface area contributed by atoms with Crippen LogP contribution in [0.15, 0.2) is 40.2 Å². The SMILES string of the molecule is CCOC(=O)C(C)n1cnc2c1c(=O)n(CC(C)C)c(=O)n2-c1ccc(F)cc1. The van der Waals surface area contributed by atoms with Gasteiger partial charge in [-0.3, -0.25) is 9.36 Å². The number of nitrogens with zero attached hydrogens (tertiary/aromatic N) is 4. The average Bonchev–Trinajstić information content (AvgIpc) is 3.11. The minimum absolute atomic E-state index is 0.0263. The van der Waals surface area contributed by atoms with Gasteiger partial charge in [-0.05, 0) is 44.0 Å². The van der Waals surface area contributed by atoms with Crippen molar-refractivity contribution < 1.29 is 13.9 Å². The molecule has 8 nitrogen and oxygen atoms in total. The van der Waals surface area contributed by atoms with Gasteiger partial charge in [0.25, 0.3) is 5.56 Å². The highest BCUT2D eigenvalue weighted by molar-refractivity contribution is 5.79. The van der Waals surface area contributed by atoms with E-state index in [9.17, 15) is 18.8 Å². The zero-order chi connectivity index (χ0) is 21.3. The van der Waals surface area contributed by atoms with Crippen LogP contribution in [-0.2, 0) is 16.1 Å². The summed E-state index contributed by atoms with van der Waals surface area (Å²) in [6.07, 6.45) is 1.34. The molecule has 9 heteroatoms. The molecule has 0 amide bonds. The van der Waals surface area contributed by atoms with Crippen molar-refractivity contribution in [1.82, 2.24) is 18.7 Å². The third-order valence-electron chi connectivity index (χ3n) is 4.53. The first kappa shape index (κ1) is 20.5. The maximum atomic E-state index is 13.4. The lowest BCUT2D eigenvalue weighted by Gasteiger charge is -2.16. The quantitative estimate of drug-likeness (QED) is 0.590. The summed E-state index contributed by atoms with van der Waals surface area (Å²) in [4.78, 5) is 42.8. The molecule has 0 spiro atoms. The number of rotatable bonds is 6. The number of aromatic nitrogens is 4. The Kier molecular flexibility index (Phi) is 5.67. The summed E-state index contributed by atoms with van der Waals surface area (Å²) in [6, 6.07) is 4.52. The van der Waals surface area contributed by atoms with Gasteiger partial charge in [-0.2, -0.15) is 0 Å². The van der Waals surface area contributed by atoms with Crippen molar-refractivity contribution in [2.75, 3.05) is 6.61 Å².